The minimum absolute atomic E-state index is 0.0210. The molecule has 1 atom stereocenters. The van der Waals surface area contributed by atoms with E-state index in [-0.39, 0.29) is 17.9 Å². The molecule has 0 aromatic heterocycles. The summed E-state index contributed by atoms with van der Waals surface area (Å²) in [5, 5.41) is 5.65. The van der Waals surface area contributed by atoms with Gasteiger partial charge in [-0.15, -0.1) is 0 Å². The van der Waals surface area contributed by atoms with Crippen molar-refractivity contribution in [2.45, 2.75) is 32.4 Å². The van der Waals surface area contributed by atoms with Gasteiger partial charge in [0.15, 0.2) is 0 Å². The Balaban J connectivity index is 1.74. The zero-order valence-corrected chi connectivity index (χ0v) is 13.8. The average Bonchev–Trinajstić information content (AvgIpc) is 2.54. The zero-order valence-electron chi connectivity index (χ0n) is 13.8. The zero-order chi connectivity index (χ0) is 16.7. The Labute approximate surface area is 137 Å². The second kappa shape index (κ2) is 8.64. The summed E-state index contributed by atoms with van der Waals surface area (Å²) < 4.78 is 5.37. The van der Waals surface area contributed by atoms with Crippen molar-refractivity contribution < 1.29 is 14.3 Å². The fourth-order valence-electron chi connectivity index (χ4n) is 2.72. The van der Waals surface area contributed by atoms with E-state index < -0.39 is 0 Å². The van der Waals surface area contributed by atoms with Gasteiger partial charge in [0, 0.05) is 32.8 Å². The van der Waals surface area contributed by atoms with Crippen molar-refractivity contribution in [3.8, 4) is 0 Å². The lowest BCUT2D eigenvalue weighted by Crippen LogP contribution is -2.44. The number of benzene rings is 1. The number of hydrogen-bond acceptors (Lipinski definition) is 4. The maximum atomic E-state index is 12.0. The first-order valence-corrected chi connectivity index (χ1v) is 7.95. The topological polar surface area (TPSA) is 70.7 Å². The summed E-state index contributed by atoms with van der Waals surface area (Å²) in [6.07, 6.45) is 2.36. The maximum absolute atomic E-state index is 12.0. The quantitative estimate of drug-likeness (QED) is 0.831. The Kier molecular flexibility index (Phi) is 6.55. The van der Waals surface area contributed by atoms with E-state index in [9.17, 15) is 9.59 Å². The standard InChI is InChI=1S/C17H25N3O3/c1-13(21)19-15-7-5-14(6-8-15)10-18-17(22)12-20-9-3-4-16(11-20)23-2/h5-8,16H,3-4,9-12H2,1-2H3,(H,18,22)(H,19,21)/t16-/m1/s1. The number of methoxy groups -OCH3 is 1. The third-order valence-electron chi connectivity index (χ3n) is 3.93. The predicted molar refractivity (Wildman–Crippen MR) is 89.1 cm³/mol. The van der Waals surface area contributed by atoms with Crippen LogP contribution in [0, 0.1) is 0 Å². The molecule has 1 heterocycles. The van der Waals surface area contributed by atoms with Crippen molar-refractivity contribution in [1.29, 1.82) is 0 Å². The van der Waals surface area contributed by atoms with Crippen LogP contribution >= 0.6 is 0 Å². The second-order valence-electron chi connectivity index (χ2n) is 5.89. The van der Waals surface area contributed by atoms with E-state index in [0.717, 1.165) is 37.2 Å². The van der Waals surface area contributed by atoms with E-state index in [2.05, 4.69) is 15.5 Å². The van der Waals surface area contributed by atoms with E-state index in [1.54, 1.807) is 7.11 Å². The lowest BCUT2D eigenvalue weighted by atomic mass is 10.1. The number of ether oxygens (including phenoxy) is 1. The van der Waals surface area contributed by atoms with Gasteiger partial charge in [-0.1, -0.05) is 12.1 Å². The van der Waals surface area contributed by atoms with Gasteiger partial charge in [-0.05, 0) is 37.1 Å². The highest BCUT2D eigenvalue weighted by Crippen LogP contribution is 2.12. The summed E-state index contributed by atoms with van der Waals surface area (Å²) >= 11 is 0. The monoisotopic (exact) mass is 319 g/mol. The number of nitrogens with one attached hydrogen (secondary N) is 2. The first-order chi connectivity index (χ1) is 11.1. The van der Waals surface area contributed by atoms with Gasteiger partial charge < -0.3 is 15.4 Å². The predicted octanol–water partition coefficient (Wildman–Crippen LogP) is 1.37. The molecule has 1 fully saturated rings. The number of carbonyl (C=O) groups is 2. The van der Waals surface area contributed by atoms with Crippen molar-refractivity contribution in [1.82, 2.24) is 10.2 Å². The maximum Gasteiger partial charge on any atom is 0.234 e. The van der Waals surface area contributed by atoms with Crippen LogP contribution in [0.15, 0.2) is 24.3 Å². The summed E-state index contributed by atoms with van der Waals surface area (Å²) in [7, 11) is 1.72. The number of amides is 2. The molecule has 2 N–H and O–H groups in total. The molecule has 0 unspecified atom stereocenters. The minimum Gasteiger partial charge on any atom is -0.380 e. The summed E-state index contributed by atoms with van der Waals surface area (Å²) in [5.41, 5.74) is 1.76. The molecule has 2 amide bonds. The van der Waals surface area contributed by atoms with Gasteiger partial charge in [0.05, 0.1) is 12.6 Å². The highest BCUT2D eigenvalue weighted by molar-refractivity contribution is 5.88. The van der Waals surface area contributed by atoms with Gasteiger partial charge in [0.1, 0.15) is 0 Å². The molecule has 0 spiro atoms. The molecule has 0 bridgehead atoms. The molecule has 6 nitrogen and oxygen atoms in total. The highest BCUT2D eigenvalue weighted by Gasteiger charge is 2.20. The highest BCUT2D eigenvalue weighted by atomic mass is 16.5. The Bertz CT molecular complexity index is 530. The number of piperidine rings is 1. The number of anilines is 1. The Morgan fingerprint density at radius 1 is 1.30 bits per heavy atom. The summed E-state index contributed by atoms with van der Waals surface area (Å²) in [6, 6.07) is 7.45. The molecule has 0 radical (unpaired) electrons. The first-order valence-electron chi connectivity index (χ1n) is 7.95. The molecular weight excluding hydrogens is 294 g/mol. The number of hydrogen-bond donors (Lipinski definition) is 2. The molecule has 1 aliphatic rings. The number of carbonyl (C=O) groups excluding carboxylic acids is 2. The van der Waals surface area contributed by atoms with Gasteiger partial charge >= 0.3 is 0 Å². The largest absolute Gasteiger partial charge is 0.380 e. The molecule has 23 heavy (non-hydrogen) atoms. The normalized spacial score (nSPS) is 18.4. The third kappa shape index (κ3) is 6.00. The molecule has 2 rings (SSSR count). The number of likely N-dealkylation sites (tertiary alicyclic amines) is 1. The molecule has 1 aliphatic heterocycles. The Hall–Kier alpha value is -1.92. The summed E-state index contributed by atoms with van der Waals surface area (Å²) in [6.45, 7) is 4.13. The first kappa shape index (κ1) is 17.4. The smallest absolute Gasteiger partial charge is 0.234 e. The van der Waals surface area contributed by atoms with Gasteiger partial charge in [0.25, 0.3) is 0 Å². The van der Waals surface area contributed by atoms with E-state index >= 15 is 0 Å². The molecule has 6 heteroatoms. The van der Waals surface area contributed by atoms with Crippen LogP contribution in [0.25, 0.3) is 0 Å². The Morgan fingerprint density at radius 2 is 2.04 bits per heavy atom. The van der Waals surface area contributed by atoms with Gasteiger partial charge in [-0.2, -0.15) is 0 Å². The van der Waals surface area contributed by atoms with Gasteiger partial charge in [0.2, 0.25) is 11.8 Å². The van der Waals surface area contributed by atoms with E-state index in [4.69, 9.17) is 4.74 Å². The minimum atomic E-state index is -0.0954. The average molecular weight is 319 g/mol. The van der Waals surface area contributed by atoms with E-state index in [1.165, 1.54) is 6.92 Å². The van der Waals surface area contributed by atoms with Crippen LogP contribution in [0.2, 0.25) is 0 Å². The van der Waals surface area contributed by atoms with Crippen molar-refractivity contribution in [3.05, 3.63) is 29.8 Å². The molecule has 1 aromatic rings. The van der Waals surface area contributed by atoms with Crippen LogP contribution in [0.1, 0.15) is 25.3 Å². The van der Waals surface area contributed by atoms with Gasteiger partial charge in [-0.3, -0.25) is 14.5 Å². The summed E-state index contributed by atoms with van der Waals surface area (Å²) in [4.78, 5) is 25.1. The van der Waals surface area contributed by atoms with Crippen LogP contribution in [0.5, 0.6) is 0 Å². The number of rotatable bonds is 6. The van der Waals surface area contributed by atoms with E-state index in [0.29, 0.717) is 13.1 Å². The summed E-state index contributed by atoms with van der Waals surface area (Å²) in [5.74, 6) is -0.0744. The van der Waals surface area contributed by atoms with Crippen molar-refractivity contribution >= 4 is 17.5 Å². The molecule has 0 aliphatic carbocycles. The molecule has 1 aromatic carbocycles. The molecule has 126 valence electrons. The van der Waals surface area contributed by atoms with Crippen LogP contribution in [-0.4, -0.2) is 49.6 Å². The Morgan fingerprint density at radius 3 is 2.70 bits per heavy atom. The molecule has 0 saturated carbocycles. The van der Waals surface area contributed by atoms with Crippen LogP contribution in [0.3, 0.4) is 0 Å². The van der Waals surface area contributed by atoms with Gasteiger partial charge in [-0.25, -0.2) is 0 Å². The number of nitrogens with zero attached hydrogens (tertiary/aromatic N) is 1. The fourth-order valence-corrected chi connectivity index (χ4v) is 2.72. The molecular formula is C17H25N3O3. The molecule has 1 saturated heterocycles. The SMILES string of the molecule is CO[C@@H]1CCCN(CC(=O)NCc2ccc(NC(C)=O)cc2)C1. The van der Waals surface area contributed by atoms with Crippen molar-refractivity contribution in [2.75, 3.05) is 32.1 Å². The van der Waals surface area contributed by atoms with Crippen molar-refractivity contribution in [2.24, 2.45) is 0 Å². The van der Waals surface area contributed by atoms with Crippen LogP contribution in [-0.2, 0) is 20.9 Å². The van der Waals surface area contributed by atoms with Crippen LogP contribution < -0.4 is 10.6 Å². The fraction of sp³-hybridized carbons (Fsp3) is 0.529. The van der Waals surface area contributed by atoms with Crippen molar-refractivity contribution in [3.63, 3.8) is 0 Å². The lowest BCUT2D eigenvalue weighted by Gasteiger charge is -2.31. The lowest BCUT2D eigenvalue weighted by molar-refractivity contribution is -0.123. The van der Waals surface area contributed by atoms with E-state index in [1.807, 2.05) is 24.3 Å². The third-order valence-corrected chi connectivity index (χ3v) is 3.93. The van der Waals surface area contributed by atoms with Crippen LogP contribution in [0.4, 0.5) is 5.69 Å². The second-order valence-corrected chi connectivity index (χ2v) is 5.89.